The van der Waals surface area contributed by atoms with Crippen molar-refractivity contribution in [3.63, 3.8) is 0 Å². The van der Waals surface area contributed by atoms with Crippen LogP contribution in [-0.4, -0.2) is 51.6 Å². The Morgan fingerprint density at radius 1 is 1.29 bits per heavy atom. The Morgan fingerprint density at radius 3 is 2.21 bits per heavy atom. The number of ether oxygens (including phenoxy) is 2. The summed E-state index contributed by atoms with van der Waals surface area (Å²) < 4.78 is 10.3. The van der Waals surface area contributed by atoms with E-state index in [2.05, 4.69) is 0 Å². The van der Waals surface area contributed by atoms with E-state index in [1.165, 1.54) is 0 Å². The molecule has 80 valence electrons. The smallest absolute Gasteiger partial charge is 0.207 e. The third-order valence-electron chi connectivity index (χ3n) is 4.03. The van der Waals surface area contributed by atoms with Crippen molar-refractivity contribution in [3.8, 4) is 0 Å². The molecule has 0 spiro atoms. The van der Waals surface area contributed by atoms with Gasteiger partial charge in [0.15, 0.2) is 5.60 Å². The Morgan fingerprint density at radius 2 is 1.86 bits per heavy atom. The van der Waals surface area contributed by atoms with Gasteiger partial charge in [0.1, 0.15) is 18.3 Å². The summed E-state index contributed by atoms with van der Waals surface area (Å²) in [4.78, 5) is 0. The Balaban J connectivity index is 1.93. The number of fused-ring (bicyclic) bond motifs is 1. The molecular weight excluding hydrogens is 188 g/mol. The Hall–Kier alpha value is -0.200. The molecule has 0 unspecified atom stereocenters. The molecule has 3 rings (SSSR count). The summed E-state index contributed by atoms with van der Waals surface area (Å²) in [5.74, 6) is -1.62. The summed E-state index contributed by atoms with van der Waals surface area (Å²) in [6.07, 6.45) is -1.85. The molecule has 1 saturated carbocycles. The summed E-state index contributed by atoms with van der Waals surface area (Å²) in [5, 5.41) is 29.9. The van der Waals surface area contributed by atoms with Crippen molar-refractivity contribution in [2.75, 3.05) is 6.61 Å². The third-order valence-corrected chi connectivity index (χ3v) is 4.03. The van der Waals surface area contributed by atoms with Gasteiger partial charge in [-0.3, -0.25) is 0 Å². The zero-order valence-electron chi connectivity index (χ0n) is 8.10. The Labute approximate surface area is 81.3 Å². The predicted octanol–water partition coefficient (Wildman–Crippen LogP) is -1.40. The molecule has 14 heavy (non-hydrogen) atoms. The first-order chi connectivity index (χ1) is 6.36. The van der Waals surface area contributed by atoms with Crippen LogP contribution in [0.25, 0.3) is 0 Å². The molecule has 3 aliphatic rings. The SMILES string of the molecule is CC1(C)[C@]2(O)O[C@H]([C@H]3CO3)[C@H](O)[C@]12O. The first-order valence-electron chi connectivity index (χ1n) is 4.78. The van der Waals surface area contributed by atoms with Gasteiger partial charge < -0.3 is 24.8 Å². The van der Waals surface area contributed by atoms with Crippen LogP contribution in [0.3, 0.4) is 0 Å². The van der Waals surface area contributed by atoms with Gasteiger partial charge in [-0.2, -0.15) is 0 Å². The molecule has 0 amide bonds. The van der Waals surface area contributed by atoms with Crippen LogP contribution < -0.4 is 0 Å². The van der Waals surface area contributed by atoms with E-state index in [1.807, 2.05) is 0 Å². The zero-order chi connectivity index (χ0) is 10.4. The molecule has 5 nitrogen and oxygen atoms in total. The standard InChI is InChI=1S/C9H14O5/c1-7(2)8(11)6(10)5(4-3-13-4)14-9(7,8)12/h4-6,10-12H,3H2,1-2H3/t4-,5-,6+,8+,9+/m1/s1. The number of hydrogen-bond donors (Lipinski definition) is 3. The molecule has 5 heteroatoms. The second kappa shape index (κ2) is 2.01. The number of aliphatic hydroxyl groups is 3. The van der Waals surface area contributed by atoms with Gasteiger partial charge in [0, 0.05) is 0 Å². The lowest BCUT2D eigenvalue weighted by atomic mass is 9.96. The van der Waals surface area contributed by atoms with Crippen LogP contribution in [0.15, 0.2) is 0 Å². The van der Waals surface area contributed by atoms with E-state index >= 15 is 0 Å². The minimum absolute atomic E-state index is 0.179. The fraction of sp³-hybridized carbons (Fsp3) is 1.00. The first kappa shape index (κ1) is 9.06. The highest BCUT2D eigenvalue weighted by atomic mass is 16.7. The molecule has 3 N–H and O–H groups in total. The maximum atomic E-state index is 10.1. The van der Waals surface area contributed by atoms with Gasteiger partial charge in [-0.1, -0.05) is 13.8 Å². The lowest BCUT2D eigenvalue weighted by Crippen LogP contribution is -2.42. The number of epoxide rings is 1. The largest absolute Gasteiger partial charge is 0.387 e. The van der Waals surface area contributed by atoms with Crippen LogP contribution in [0.5, 0.6) is 0 Å². The summed E-state index contributed by atoms with van der Waals surface area (Å²) in [6, 6.07) is 0. The van der Waals surface area contributed by atoms with Gasteiger partial charge in [-0.25, -0.2) is 0 Å². The Kier molecular flexibility index (Phi) is 1.30. The number of aliphatic hydroxyl groups excluding tert-OH is 1. The maximum Gasteiger partial charge on any atom is 0.207 e. The molecule has 0 radical (unpaired) electrons. The fourth-order valence-electron chi connectivity index (χ4n) is 2.65. The Bertz CT molecular complexity index is 300. The minimum atomic E-state index is -1.62. The first-order valence-corrected chi connectivity index (χ1v) is 4.78. The minimum Gasteiger partial charge on any atom is -0.387 e. The monoisotopic (exact) mass is 202 g/mol. The van der Waals surface area contributed by atoms with Gasteiger partial charge in [-0.05, 0) is 0 Å². The lowest BCUT2D eigenvalue weighted by molar-refractivity contribution is -0.175. The van der Waals surface area contributed by atoms with Gasteiger partial charge in [0.05, 0.1) is 12.0 Å². The molecule has 3 fully saturated rings. The van der Waals surface area contributed by atoms with Crippen LogP contribution >= 0.6 is 0 Å². The van der Waals surface area contributed by atoms with Crippen LogP contribution in [0.4, 0.5) is 0 Å². The summed E-state index contributed by atoms with van der Waals surface area (Å²) in [6.45, 7) is 3.86. The third kappa shape index (κ3) is 0.628. The molecule has 2 saturated heterocycles. The average Bonchev–Trinajstić information content (AvgIpc) is 2.95. The second-order valence-electron chi connectivity index (χ2n) is 4.93. The van der Waals surface area contributed by atoms with Gasteiger partial charge in [-0.15, -0.1) is 0 Å². The van der Waals surface area contributed by atoms with Crippen molar-refractivity contribution in [1.29, 1.82) is 0 Å². The molecule has 2 heterocycles. The highest BCUT2D eigenvalue weighted by molar-refractivity contribution is 5.35. The van der Waals surface area contributed by atoms with Crippen LogP contribution in [0, 0.1) is 5.41 Å². The van der Waals surface area contributed by atoms with Crippen molar-refractivity contribution in [2.45, 2.75) is 43.5 Å². The van der Waals surface area contributed by atoms with Crippen LogP contribution in [0.1, 0.15) is 13.8 Å². The highest BCUT2D eigenvalue weighted by Crippen LogP contribution is 2.72. The van der Waals surface area contributed by atoms with Crippen molar-refractivity contribution in [2.24, 2.45) is 5.41 Å². The quantitative estimate of drug-likeness (QED) is 0.456. The molecular formula is C9H14O5. The van der Waals surface area contributed by atoms with E-state index in [0.717, 1.165) is 0 Å². The van der Waals surface area contributed by atoms with Gasteiger partial charge in [0.2, 0.25) is 5.79 Å². The number of rotatable bonds is 1. The molecule has 2 aliphatic heterocycles. The molecule has 5 atom stereocenters. The highest BCUT2D eigenvalue weighted by Gasteiger charge is 2.92. The van der Waals surface area contributed by atoms with Crippen molar-refractivity contribution >= 4 is 0 Å². The van der Waals surface area contributed by atoms with Crippen molar-refractivity contribution < 1.29 is 24.8 Å². The molecule has 0 aromatic carbocycles. The van der Waals surface area contributed by atoms with Gasteiger partial charge >= 0.3 is 0 Å². The summed E-state index contributed by atoms with van der Waals surface area (Å²) in [5.41, 5.74) is -2.36. The average molecular weight is 202 g/mol. The molecule has 0 aromatic heterocycles. The predicted molar refractivity (Wildman–Crippen MR) is 44.3 cm³/mol. The van der Waals surface area contributed by atoms with Crippen molar-refractivity contribution in [1.82, 2.24) is 0 Å². The summed E-state index contributed by atoms with van der Waals surface area (Å²) >= 11 is 0. The van der Waals surface area contributed by atoms with Crippen LogP contribution in [-0.2, 0) is 9.47 Å². The van der Waals surface area contributed by atoms with E-state index in [1.54, 1.807) is 13.8 Å². The lowest BCUT2D eigenvalue weighted by Gasteiger charge is -2.23. The topological polar surface area (TPSA) is 82.5 Å². The van der Waals surface area contributed by atoms with Gasteiger partial charge in [0.25, 0.3) is 0 Å². The van der Waals surface area contributed by atoms with E-state index in [9.17, 15) is 15.3 Å². The van der Waals surface area contributed by atoms with E-state index in [0.29, 0.717) is 6.61 Å². The zero-order valence-corrected chi connectivity index (χ0v) is 8.10. The number of hydrogen-bond acceptors (Lipinski definition) is 5. The molecule has 1 aliphatic carbocycles. The normalized spacial score (nSPS) is 63.6. The van der Waals surface area contributed by atoms with E-state index in [-0.39, 0.29) is 6.10 Å². The van der Waals surface area contributed by atoms with Crippen LogP contribution in [0.2, 0.25) is 0 Å². The van der Waals surface area contributed by atoms with E-state index in [4.69, 9.17) is 9.47 Å². The molecule has 0 aromatic rings. The van der Waals surface area contributed by atoms with Crippen molar-refractivity contribution in [3.05, 3.63) is 0 Å². The fourth-order valence-corrected chi connectivity index (χ4v) is 2.65. The van der Waals surface area contributed by atoms with E-state index < -0.39 is 29.0 Å². The molecule has 0 bridgehead atoms. The maximum absolute atomic E-state index is 10.1. The summed E-state index contributed by atoms with van der Waals surface area (Å²) in [7, 11) is 0. The second-order valence-corrected chi connectivity index (χ2v) is 4.93.